The first-order valence-electron chi connectivity index (χ1n) is 8.52. The van der Waals surface area contributed by atoms with E-state index < -0.39 is 10.0 Å². The van der Waals surface area contributed by atoms with Crippen molar-refractivity contribution in [3.05, 3.63) is 75.8 Å². The van der Waals surface area contributed by atoms with Gasteiger partial charge in [-0.05, 0) is 47.7 Å². The molecule has 0 atom stereocenters. The van der Waals surface area contributed by atoms with Gasteiger partial charge in [0.1, 0.15) is 0 Å². The molecular weight excluding hydrogens is 378 g/mol. The van der Waals surface area contributed by atoms with Crippen molar-refractivity contribution in [2.24, 2.45) is 0 Å². The molecule has 0 radical (unpaired) electrons. The summed E-state index contributed by atoms with van der Waals surface area (Å²) in [5.41, 5.74) is 12.0. The Morgan fingerprint density at radius 3 is 2.78 bits per heavy atom. The summed E-state index contributed by atoms with van der Waals surface area (Å²) < 4.78 is 25.6. The van der Waals surface area contributed by atoms with Crippen LogP contribution in [0.15, 0.2) is 48.5 Å². The summed E-state index contributed by atoms with van der Waals surface area (Å²) >= 11 is 1.50. The molecule has 0 saturated carbocycles. The third-order valence-electron chi connectivity index (χ3n) is 4.40. The zero-order valence-corrected chi connectivity index (χ0v) is 16.4. The van der Waals surface area contributed by atoms with Crippen LogP contribution < -0.4 is 10.5 Å². The fourth-order valence-corrected chi connectivity index (χ4v) is 4.81. The molecule has 4 rings (SSSR count). The van der Waals surface area contributed by atoms with E-state index in [0.717, 1.165) is 40.8 Å². The normalized spacial score (nSPS) is 15.1. The van der Waals surface area contributed by atoms with Crippen LogP contribution in [0.2, 0.25) is 0 Å². The van der Waals surface area contributed by atoms with Crippen molar-refractivity contribution in [2.45, 2.75) is 12.8 Å². The van der Waals surface area contributed by atoms with Gasteiger partial charge in [-0.3, -0.25) is 4.72 Å². The maximum absolute atomic E-state index is 11.5. The smallest absolute Gasteiger partial charge is 0.229 e. The second-order valence-corrected chi connectivity index (χ2v) is 9.32. The Kier molecular flexibility index (Phi) is 4.49. The Hall–Kier alpha value is -2.64. The maximum atomic E-state index is 11.5. The minimum atomic E-state index is -3.32. The van der Waals surface area contributed by atoms with Gasteiger partial charge in [0.25, 0.3) is 0 Å². The Balaban J connectivity index is 1.86. The van der Waals surface area contributed by atoms with Crippen molar-refractivity contribution in [3.63, 3.8) is 0 Å². The summed E-state index contributed by atoms with van der Waals surface area (Å²) in [4.78, 5) is 5.60. The summed E-state index contributed by atoms with van der Waals surface area (Å²) in [6, 6.07) is 15.7. The predicted molar refractivity (Wildman–Crippen MR) is 112 cm³/mol. The summed E-state index contributed by atoms with van der Waals surface area (Å²) in [6.45, 7) is 0. The zero-order chi connectivity index (χ0) is 19.0. The van der Waals surface area contributed by atoms with Gasteiger partial charge in [-0.1, -0.05) is 47.7 Å². The standard InChI is InChI=1S/C20H19N3O2S2/c1-27(24,25)23-15-7-4-5-13(11-15)12-17-16-8-3-2-6-14(16)9-10-18-19(17)26-20(21)22-18/h2-8,11-12,23H,9-10H2,1H3,(H2,21,22)/b17-12+. The Labute approximate surface area is 162 Å². The van der Waals surface area contributed by atoms with Crippen molar-refractivity contribution in [3.8, 4) is 0 Å². The Bertz CT molecular complexity index is 1150. The minimum Gasteiger partial charge on any atom is -0.375 e. The highest BCUT2D eigenvalue weighted by molar-refractivity contribution is 7.92. The Morgan fingerprint density at radius 2 is 1.96 bits per heavy atom. The van der Waals surface area contributed by atoms with Gasteiger partial charge in [-0.15, -0.1) is 0 Å². The van der Waals surface area contributed by atoms with Gasteiger partial charge >= 0.3 is 0 Å². The van der Waals surface area contributed by atoms with Crippen molar-refractivity contribution < 1.29 is 8.42 Å². The van der Waals surface area contributed by atoms with Gasteiger partial charge in [0.2, 0.25) is 10.0 Å². The van der Waals surface area contributed by atoms with Crippen LogP contribution in [0.5, 0.6) is 0 Å². The zero-order valence-electron chi connectivity index (χ0n) is 14.8. The van der Waals surface area contributed by atoms with Gasteiger partial charge in [-0.25, -0.2) is 13.4 Å². The maximum Gasteiger partial charge on any atom is 0.229 e. The van der Waals surface area contributed by atoms with Crippen molar-refractivity contribution in [2.75, 3.05) is 16.7 Å². The number of nitrogen functional groups attached to an aromatic ring is 1. The van der Waals surface area contributed by atoms with Crippen LogP contribution >= 0.6 is 11.3 Å². The highest BCUT2D eigenvalue weighted by atomic mass is 32.2. The molecule has 0 saturated heterocycles. The summed E-state index contributed by atoms with van der Waals surface area (Å²) in [5, 5.41) is 0.567. The molecule has 1 aliphatic carbocycles. The van der Waals surface area contributed by atoms with Crippen LogP contribution in [0, 0.1) is 0 Å². The Morgan fingerprint density at radius 1 is 1.15 bits per heavy atom. The predicted octanol–water partition coefficient (Wildman–Crippen LogP) is 3.78. The molecule has 0 bridgehead atoms. The summed E-state index contributed by atoms with van der Waals surface area (Å²) in [6.07, 6.45) is 4.99. The third-order valence-corrected chi connectivity index (χ3v) is 5.96. The minimum absolute atomic E-state index is 0.540. The topological polar surface area (TPSA) is 85.1 Å². The number of anilines is 2. The summed E-state index contributed by atoms with van der Waals surface area (Å²) in [5.74, 6) is 0. The number of thiazole rings is 1. The molecule has 0 unspecified atom stereocenters. The first kappa shape index (κ1) is 17.8. The molecule has 1 aromatic heterocycles. The molecule has 1 heterocycles. The second kappa shape index (κ2) is 6.83. The highest BCUT2D eigenvalue weighted by Gasteiger charge is 2.21. The van der Waals surface area contributed by atoms with Gasteiger partial charge in [0, 0.05) is 11.3 Å². The monoisotopic (exact) mass is 397 g/mol. The second-order valence-electron chi connectivity index (χ2n) is 6.54. The molecule has 2 aromatic carbocycles. The number of sulfonamides is 1. The van der Waals surface area contributed by atoms with Crippen LogP contribution in [0.25, 0.3) is 11.6 Å². The van der Waals surface area contributed by atoms with E-state index >= 15 is 0 Å². The molecule has 0 fully saturated rings. The van der Waals surface area contributed by atoms with Gasteiger partial charge in [-0.2, -0.15) is 0 Å². The number of nitrogens with two attached hydrogens (primary N) is 1. The van der Waals surface area contributed by atoms with Crippen LogP contribution in [-0.4, -0.2) is 19.7 Å². The van der Waals surface area contributed by atoms with Gasteiger partial charge in [0.05, 0.1) is 16.8 Å². The number of nitrogens with zero attached hydrogens (tertiary/aromatic N) is 1. The number of aromatic nitrogens is 1. The summed E-state index contributed by atoms with van der Waals surface area (Å²) in [7, 11) is -3.32. The molecule has 0 amide bonds. The van der Waals surface area contributed by atoms with E-state index in [-0.39, 0.29) is 0 Å². The van der Waals surface area contributed by atoms with E-state index in [1.54, 1.807) is 6.07 Å². The first-order chi connectivity index (χ1) is 12.9. The molecule has 0 aliphatic heterocycles. The fourth-order valence-electron chi connectivity index (χ4n) is 3.34. The largest absolute Gasteiger partial charge is 0.375 e. The van der Waals surface area contributed by atoms with E-state index in [1.165, 1.54) is 22.5 Å². The SMILES string of the molecule is CS(=O)(=O)Nc1cccc(/C=C2\c3ccccc3CCc3nc(N)sc32)c1. The van der Waals surface area contributed by atoms with E-state index in [0.29, 0.717) is 10.8 Å². The lowest BCUT2D eigenvalue weighted by atomic mass is 9.97. The third kappa shape index (κ3) is 3.89. The first-order valence-corrected chi connectivity index (χ1v) is 11.2. The molecule has 138 valence electrons. The number of rotatable bonds is 3. The number of hydrogen-bond donors (Lipinski definition) is 2. The lowest BCUT2D eigenvalue weighted by Crippen LogP contribution is -2.09. The number of fused-ring (bicyclic) bond motifs is 2. The van der Waals surface area contributed by atoms with Crippen LogP contribution in [-0.2, 0) is 22.9 Å². The van der Waals surface area contributed by atoms with E-state index in [1.807, 2.05) is 30.3 Å². The van der Waals surface area contributed by atoms with E-state index in [4.69, 9.17) is 5.73 Å². The molecule has 1 aliphatic rings. The molecule has 0 spiro atoms. The lowest BCUT2D eigenvalue weighted by Gasteiger charge is -2.10. The highest BCUT2D eigenvalue weighted by Crippen LogP contribution is 2.39. The number of benzene rings is 2. The number of nitrogens with one attached hydrogen (secondary N) is 1. The van der Waals surface area contributed by atoms with Crippen LogP contribution in [0.3, 0.4) is 0 Å². The molecule has 3 N–H and O–H groups in total. The fraction of sp³-hybridized carbons (Fsp3) is 0.150. The number of aryl methyl sites for hydroxylation is 2. The van der Waals surface area contributed by atoms with Crippen LogP contribution in [0.1, 0.15) is 27.3 Å². The molecule has 7 heteroatoms. The van der Waals surface area contributed by atoms with Crippen molar-refractivity contribution >= 4 is 43.8 Å². The average molecular weight is 398 g/mol. The molecular formula is C20H19N3O2S2. The van der Waals surface area contributed by atoms with E-state index in [2.05, 4.69) is 27.9 Å². The van der Waals surface area contributed by atoms with Gasteiger partial charge in [0.15, 0.2) is 5.13 Å². The van der Waals surface area contributed by atoms with Crippen molar-refractivity contribution in [1.82, 2.24) is 4.98 Å². The molecule has 5 nitrogen and oxygen atoms in total. The lowest BCUT2D eigenvalue weighted by molar-refractivity contribution is 0.607. The average Bonchev–Trinajstić information content (AvgIpc) is 2.91. The van der Waals surface area contributed by atoms with Crippen LogP contribution in [0.4, 0.5) is 10.8 Å². The number of hydrogen-bond acceptors (Lipinski definition) is 5. The molecule has 3 aromatic rings. The molecule has 27 heavy (non-hydrogen) atoms. The van der Waals surface area contributed by atoms with Gasteiger partial charge < -0.3 is 5.73 Å². The van der Waals surface area contributed by atoms with Crippen molar-refractivity contribution in [1.29, 1.82) is 0 Å². The quantitative estimate of drug-likeness (QED) is 0.704. The van der Waals surface area contributed by atoms with E-state index in [9.17, 15) is 8.42 Å².